The van der Waals surface area contributed by atoms with Gasteiger partial charge in [-0.25, -0.2) is 0 Å². The fraction of sp³-hybridized carbons (Fsp3) is 0.562. The van der Waals surface area contributed by atoms with E-state index in [0.29, 0.717) is 12.0 Å². The van der Waals surface area contributed by atoms with Crippen molar-refractivity contribution in [2.45, 2.75) is 37.7 Å². The van der Waals surface area contributed by atoms with E-state index >= 15 is 0 Å². The third kappa shape index (κ3) is 3.48. The van der Waals surface area contributed by atoms with Crippen LogP contribution in [0.5, 0.6) is 5.75 Å². The van der Waals surface area contributed by atoms with Crippen LogP contribution in [-0.4, -0.2) is 28.7 Å². The highest BCUT2D eigenvalue weighted by Crippen LogP contribution is 2.45. The largest absolute Gasteiger partial charge is 0.490 e. The number of hydrogen-bond acceptors (Lipinski definition) is 3. The van der Waals surface area contributed by atoms with E-state index in [0.717, 1.165) is 36.3 Å². The van der Waals surface area contributed by atoms with Crippen molar-refractivity contribution in [2.75, 3.05) is 11.5 Å². The molecule has 1 aromatic carbocycles. The zero-order valence-electron chi connectivity index (χ0n) is 11.5. The summed E-state index contributed by atoms with van der Waals surface area (Å²) in [4.78, 5) is 11.0. The molecule has 0 spiro atoms. The van der Waals surface area contributed by atoms with Crippen molar-refractivity contribution in [2.24, 2.45) is 5.92 Å². The lowest BCUT2D eigenvalue weighted by Crippen LogP contribution is -2.15. The first-order valence-corrected chi connectivity index (χ1v) is 8.44. The van der Waals surface area contributed by atoms with Gasteiger partial charge >= 0.3 is 5.97 Å². The molecule has 0 bridgehead atoms. The standard InChI is InChI=1S/C16H20O3S/c17-16(18)9-15(11-4-5-11)12-2-1-3-13(8-12)19-14-6-7-20-10-14/h1-3,8,11,14-15H,4-7,9-10H2,(H,17,18). The van der Waals surface area contributed by atoms with Crippen molar-refractivity contribution in [3.63, 3.8) is 0 Å². The molecular formula is C16H20O3S. The number of aliphatic carboxylic acids is 1. The fourth-order valence-corrected chi connectivity index (χ4v) is 3.95. The average Bonchev–Trinajstić information content (AvgIpc) is 3.14. The highest BCUT2D eigenvalue weighted by atomic mass is 32.2. The normalized spacial score (nSPS) is 23.5. The topological polar surface area (TPSA) is 46.5 Å². The van der Waals surface area contributed by atoms with Crippen molar-refractivity contribution in [1.82, 2.24) is 0 Å². The first-order chi connectivity index (χ1) is 9.72. The van der Waals surface area contributed by atoms with Gasteiger partial charge < -0.3 is 9.84 Å². The number of rotatable bonds is 6. The minimum Gasteiger partial charge on any atom is -0.490 e. The van der Waals surface area contributed by atoms with E-state index in [1.165, 1.54) is 5.75 Å². The van der Waals surface area contributed by atoms with Gasteiger partial charge in [-0.15, -0.1) is 0 Å². The van der Waals surface area contributed by atoms with Crippen LogP contribution in [0.1, 0.15) is 37.2 Å². The summed E-state index contributed by atoms with van der Waals surface area (Å²) in [5.41, 5.74) is 1.12. The molecule has 20 heavy (non-hydrogen) atoms. The molecule has 4 heteroatoms. The van der Waals surface area contributed by atoms with Gasteiger partial charge in [0, 0.05) is 5.75 Å². The Morgan fingerprint density at radius 3 is 2.90 bits per heavy atom. The first kappa shape index (κ1) is 13.8. The molecule has 1 aliphatic heterocycles. The Balaban J connectivity index is 1.72. The van der Waals surface area contributed by atoms with Gasteiger partial charge in [-0.2, -0.15) is 11.8 Å². The van der Waals surface area contributed by atoms with Crippen LogP contribution in [0, 0.1) is 5.92 Å². The van der Waals surface area contributed by atoms with Gasteiger partial charge in [0.25, 0.3) is 0 Å². The smallest absolute Gasteiger partial charge is 0.303 e. The number of thioether (sulfide) groups is 1. The minimum atomic E-state index is -0.708. The maximum atomic E-state index is 11.0. The Bertz CT molecular complexity index is 478. The number of carboxylic acid groups (broad SMARTS) is 1. The van der Waals surface area contributed by atoms with Gasteiger partial charge in [0.2, 0.25) is 0 Å². The fourth-order valence-electron chi connectivity index (χ4n) is 2.86. The third-order valence-electron chi connectivity index (χ3n) is 4.06. The summed E-state index contributed by atoms with van der Waals surface area (Å²) in [6, 6.07) is 8.07. The second kappa shape index (κ2) is 6.08. The predicted molar refractivity (Wildman–Crippen MR) is 80.5 cm³/mol. The molecule has 1 saturated carbocycles. The van der Waals surface area contributed by atoms with Crippen molar-refractivity contribution in [3.8, 4) is 5.75 Å². The van der Waals surface area contributed by atoms with Crippen LogP contribution in [0.25, 0.3) is 0 Å². The van der Waals surface area contributed by atoms with Crippen LogP contribution in [-0.2, 0) is 4.79 Å². The van der Waals surface area contributed by atoms with E-state index in [1.807, 2.05) is 30.0 Å². The minimum absolute atomic E-state index is 0.147. The molecule has 1 aromatic rings. The molecule has 1 aliphatic carbocycles. The summed E-state index contributed by atoms with van der Waals surface area (Å²) in [6.45, 7) is 0. The summed E-state index contributed by atoms with van der Waals surface area (Å²) in [5.74, 6) is 3.11. The number of benzene rings is 1. The maximum Gasteiger partial charge on any atom is 0.303 e. The number of carbonyl (C=O) groups is 1. The van der Waals surface area contributed by atoms with Crippen LogP contribution in [0.3, 0.4) is 0 Å². The average molecular weight is 292 g/mol. The molecule has 2 unspecified atom stereocenters. The number of ether oxygens (including phenoxy) is 1. The molecule has 3 nitrogen and oxygen atoms in total. The van der Waals surface area contributed by atoms with Gasteiger partial charge in [0.1, 0.15) is 11.9 Å². The summed E-state index contributed by atoms with van der Waals surface area (Å²) in [5, 5.41) is 9.09. The van der Waals surface area contributed by atoms with Crippen molar-refractivity contribution < 1.29 is 14.6 Å². The van der Waals surface area contributed by atoms with Gasteiger partial charge in [-0.05, 0) is 54.5 Å². The number of carboxylic acids is 1. The second-order valence-electron chi connectivity index (χ2n) is 5.72. The third-order valence-corrected chi connectivity index (χ3v) is 5.19. The predicted octanol–water partition coefficient (Wildman–Crippen LogP) is 3.54. The van der Waals surface area contributed by atoms with E-state index in [-0.39, 0.29) is 12.3 Å². The molecule has 0 amide bonds. The molecule has 2 atom stereocenters. The maximum absolute atomic E-state index is 11.0. The monoisotopic (exact) mass is 292 g/mol. The Morgan fingerprint density at radius 2 is 2.25 bits per heavy atom. The van der Waals surface area contributed by atoms with E-state index < -0.39 is 5.97 Å². The van der Waals surface area contributed by atoms with Crippen LogP contribution in [0.15, 0.2) is 24.3 Å². The molecule has 108 valence electrons. The van der Waals surface area contributed by atoms with Gasteiger partial charge in [-0.1, -0.05) is 12.1 Å². The van der Waals surface area contributed by atoms with Crippen LogP contribution < -0.4 is 4.74 Å². The molecular weight excluding hydrogens is 272 g/mol. The lowest BCUT2D eigenvalue weighted by molar-refractivity contribution is -0.137. The molecule has 3 rings (SSSR count). The van der Waals surface area contributed by atoms with Gasteiger partial charge in [0.15, 0.2) is 0 Å². The van der Waals surface area contributed by atoms with E-state index in [1.54, 1.807) is 0 Å². The quantitative estimate of drug-likeness (QED) is 0.871. The van der Waals surface area contributed by atoms with E-state index in [9.17, 15) is 4.79 Å². The zero-order chi connectivity index (χ0) is 13.9. The van der Waals surface area contributed by atoms with E-state index in [4.69, 9.17) is 9.84 Å². The number of hydrogen-bond donors (Lipinski definition) is 1. The molecule has 0 radical (unpaired) electrons. The first-order valence-electron chi connectivity index (χ1n) is 7.28. The molecule has 1 saturated heterocycles. The summed E-state index contributed by atoms with van der Waals surface area (Å²) in [6.07, 6.45) is 3.96. The lowest BCUT2D eigenvalue weighted by atomic mass is 9.91. The highest BCUT2D eigenvalue weighted by Gasteiger charge is 2.33. The Kier molecular flexibility index (Phi) is 4.20. The Labute approximate surface area is 123 Å². The summed E-state index contributed by atoms with van der Waals surface area (Å²) >= 11 is 1.93. The SMILES string of the molecule is O=C(O)CC(c1cccc(OC2CCSC2)c1)C1CC1. The van der Waals surface area contributed by atoms with Crippen molar-refractivity contribution in [1.29, 1.82) is 0 Å². The molecule has 1 heterocycles. The zero-order valence-corrected chi connectivity index (χ0v) is 12.3. The molecule has 1 N–H and O–H groups in total. The molecule has 0 aromatic heterocycles. The Morgan fingerprint density at radius 1 is 1.40 bits per heavy atom. The van der Waals surface area contributed by atoms with E-state index in [2.05, 4.69) is 6.07 Å². The van der Waals surface area contributed by atoms with Crippen molar-refractivity contribution >= 4 is 17.7 Å². The molecule has 2 aliphatic rings. The summed E-state index contributed by atoms with van der Waals surface area (Å²) < 4.78 is 6.00. The van der Waals surface area contributed by atoms with Gasteiger partial charge in [-0.3, -0.25) is 4.79 Å². The summed E-state index contributed by atoms with van der Waals surface area (Å²) in [7, 11) is 0. The van der Waals surface area contributed by atoms with Crippen LogP contribution in [0.4, 0.5) is 0 Å². The van der Waals surface area contributed by atoms with Crippen molar-refractivity contribution in [3.05, 3.63) is 29.8 Å². The Hall–Kier alpha value is -1.16. The van der Waals surface area contributed by atoms with Crippen LogP contribution >= 0.6 is 11.8 Å². The second-order valence-corrected chi connectivity index (χ2v) is 6.87. The highest BCUT2D eigenvalue weighted by molar-refractivity contribution is 7.99. The lowest BCUT2D eigenvalue weighted by Gasteiger charge is -2.17. The van der Waals surface area contributed by atoms with Gasteiger partial charge in [0.05, 0.1) is 6.42 Å². The van der Waals surface area contributed by atoms with Crippen LogP contribution in [0.2, 0.25) is 0 Å². The molecule has 2 fully saturated rings.